The highest BCUT2D eigenvalue weighted by Gasteiger charge is 2.38. The summed E-state index contributed by atoms with van der Waals surface area (Å²) in [6.07, 6.45) is 12.5. The quantitative estimate of drug-likeness (QED) is 0.199. The van der Waals surface area contributed by atoms with E-state index in [-0.39, 0.29) is 59.6 Å². The number of amides is 3. The number of imide groups is 1. The second kappa shape index (κ2) is 15.7. The van der Waals surface area contributed by atoms with Crippen LogP contribution in [0.4, 0.5) is 20.4 Å². The summed E-state index contributed by atoms with van der Waals surface area (Å²) in [5.74, 6) is -0.498. The van der Waals surface area contributed by atoms with Crippen molar-refractivity contribution in [1.82, 2.24) is 20.2 Å². The van der Waals surface area contributed by atoms with Crippen LogP contribution in [0.25, 0.3) is 11.3 Å². The van der Waals surface area contributed by atoms with Crippen LogP contribution < -0.4 is 21.3 Å². The Hall–Kier alpha value is -4.45. The number of aromatic nitrogens is 2. The zero-order chi connectivity index (χ0) is 37.3. The molecule has 1 unspecified atom stereocenters. The molecule has 3 saturated carbocycles. The summed E-state index contributed by atoms with van der Waals surface area (Å²) in [6.45, 7) is 1.80. The average molecular weight is 740 g/mol. The van der Waals surface area contributed by atoms with Crippen molar-refractivity contribution in [1.29, 1.82) is 0 Å². The van der Waals surface area contributed by atoms with Crippen LogP contribution in [0.3, 0.4) is 0 Å². The van der Waals surface area contributed by atoms with E-state index in [1.807, 2.05) is 30.3 Å². The Kier molecular flexibility index (Phi) is 10.6. The molecular formula is C42H51F2N7O3. The molecule has 3 aromatic rings. The van der Waals surface area contributed by atoms with Gasteiger partial charge in [0.2, 0.25) is 23.7 Å². The van der Waals surface area contributed by atoms with E-state index in [1.165, 1.54) is 11.8 Å². The lowest BCUT2D eigenvalue weighted by Gasteiger charge is -2.43. The summed E-state index contributed by atoms with van der Waals surface area (Å²) in [5, 5.41) is 5.94. The number of primary amides is 1. The molecule has 2 aromatic carbocycles. The van der Waals surface area contributed by atoms with Gasteiger partial charge >= 0.3 is 0 Å². The van der Waals surface area contributed by atoms with Crippen LogP contribution in [-0.4, -0.2) is 69.8 Å². The topological polar surface area (TPSA) is 134 Å². The number of hydrogen-bond acceptors (Lipinski definition) is 8. The Bertz CT molecular complexity index is 1860. The lowest BCUT2D eigenvalue weighted by Crippen LogP contribution is -2.56. The normalized spacial score (nSPS) is 27.0. The van der Waals surface area contributed by atoms with Crippen LogP contribution in [-0.2, 0) is 14.4 Å². The Morgan fingerprint density at radius 2 is 1.61 bits per heavy atom. The van der Waals surface area contributed by atoms with E-state index in [9.17, 15) is 18.8 Å². The average Bonchev–Trinajstić information content (AvgIpc) is 4.04. The lowest BCUT2D eigenvalue weighted by molar-refractivity contribution is -0.134. The molecule has 1 atom stereocenters. The molecule has 0 radical (unpaired) electrons. The number of halogens is 2. The maximum absolute atomic E-state index is 16.1. The maximum atomic E-state index is 16.1. The fraction of sp³-hybridized carbons (Fsp3) is 0.548. The highest BCUT2D eigenvalue weighted by Crippen LogP contribution is 2.42. The van der Waals surface area contributed by atoms with Gasteiger partial charge in [-0.25, -0.2) is 18.7 Å². The molecule has 5 fully saturated rings. The second-order valence-electron chi connectivity index (χ2n) is 16.2. The Labute approximate surface area is 315 Å². The number of anilines is 2. The Morgan fingerprint density at radius 1 is 0.852 bits per heavy atom. The van der Waals surface area contributed by atoms with Crippen molar-refractivity contribution in [3.63, 3.8) is 0 Å². The van der Waals surface area contributed by atoms with Gasteiger partial charge in [-0.1, -0.05) is 24.3 Å². The summed E-state index contributed by atoms with van der Waals surface area (Å²) in [7, 11) is 0. The first kappa shape index (κ1) is 36.5. The molecule has 12 heteroatoms. The second-order valence-corrected chi connectivity index (χ2v) is 16.2. The number of carbonyl (C=O) groups excluding carboxylic acids is 3. The van der Waals surface area contributed by atoms with Crippen molar-refractivity contribution in [2.75, 3.05) is 23.3 Å². The molecule has 5 aliphatic rings. The molecule has 3 heterocycles. The number of carbonyl (C=O) groups is 3. The molecule has 0 bridgehead atoms. The predicted octanol–water partition coefficient (Wildman–Crippen LogP) is 6.56. The van der Waals surface area contributed by atoms with Gasteiger partial charge in [0.1, 0.15) is 17.6 Å². The largest absolute Gasteiger partial charge is 0.369 e. The van der Waals surface area contributed by atoms with E-state index in [4.69, 9.17) is 5.73 Å². The van der Waals surface area contributed by atoms with Gasteiger partial charge < -0.3 is 20.9 Å². The third-order valence-electron chi connectivity index (χ3n) is 12.8. The Morgan fingerprint density at radius 3 is 2.30 bits per heavy atom. The minimum atomic E-state index is -0.579. The number of benzene rings is 2. The van der Waals surface area contributed by atoms with Crippen LogP contribution in [0.2, 0.25) is 0 Å². The number of likely N-dealkylation sites (tertiary alicyclic amines) is 1. The summed E-state index contributed by atoms with van der Waals surface area (Å²) in [5.41, 5.74) is 9.15. The molecule has 2 aliphatic heterocycles. The van der Waals surface area contributed by atoms with E-state index in [0.717, 1.165) is 95.7 Å². The van der Waals surface area contributed by atoms with E-state index < -0.39 is 11.9 Å². The van der Waals surface area contributed by atoms with E-state index in [1.54, 1.807) is 6.07 Å². The summed E-state index contributed by atoms with van der Waals surface area (Å²) in [6, 6.07) is 13.3. The van der Waals surface area contributed by atoms with Crippen LogP contribution in [0, 0.1) is 17.6 Å². The molecule has 10 nitrogen and oxygen atoms in total. The Balaban J connectivity index is 0.929. The van der Waals surface area contributed by atoms with Crippen molar-refractivity contribution < 1.29 is 23.2 Å². The number of rotatable bonds is 10. The summed E-state index contributed by atoms with van der Waals surface area (Å²) < 4.78 is 31.1. The minimum Gasteiger partial charge on any atom is -0.369 e. The predicted molar refractivity (Wildman–Crippen MR) is 203 cm³/mol. The summed E-state index contributed by atoms with van der Waals surface area (Å²) in [4.78, 5) is 50.4. The molecule has 3 aliphatic carbocycles. The fourth-order valence-corrected chi connectivity index (χ4v) is 9.58. The molecule has 8 rings (SSSR count). The zero-order valence-corrected chi connectivity index (χ0v) is 30.8. The van der Waals surface area contributed by atoms with E-state index in [2.05, 4.69) is 36.5 Å². The number of nitrogens with zero attached hydrogens (tertiary/aromatic N) is 4. The van der Waals surface area contributed by atoms with Gasteiger partial charge in [0, 0.05) is 41.7 Å². The molecule has 286 valence electrons. The first-order valence-corrected chi connectivity index (χ1v) is 20.0. The first-order valence-electron chi connectivity index (χ1n) is 20.0. The third kappa shape index (κ3) is 7.99. The zero-order valence-electron chi connectivity index (χ0n) is 30.8. The van der Waals surface area contributed by atoms with Crippen molar-refractivity contribution in [3.05, 3.63) is 71.4 Å². The van der Waals surface area contributed by atoms with Crippen molar-refractivity contribution in [3.8, 4) is 11.3 Å². The van der Waals surface area contributed by atoms with Crippen molar-refractivity contribution in [2.45, 2.75) is 126 Å². The SMILES string of the molecule is NC(=O)C1CCC(N2CCC(c3ccc(N(C4CCC(Nc5ncc(F)c(-c6cccc(C7CC7)c6)n5)CC4)C4CCC(=O)NC4=O)cc3F)CC2)CC1. The van der Waals surface area contributed by atoms with Gasteiger partial charge in [0.25, 0.3) is 0 Å². The fourth-order valence-electron chi connectivity index (χ4n) is 9.58. The number of nitrogens with one attached hydrogen (secondary N) is 2. The highest BCUT2D eigenvalue weighted by molar-refractivity contribution is 6.01. The van der Waals surface area contributed by atoms with Gasteiger partial charge in [-0.3, -0.25) is 19.7 Å². The number of piperidine rings is 2. The lowest BCUT2D eigenvalue weighted by atomic mass is 9.82. The van der Waals surface area contributed by atoms with Gasteiger partial charge in [-0.05, 0) is 138 Å². The number of hydrogen-bond donors (Lipinski definition) is 3. The molecule has 2 saturated heterocycles. The smallest absolute Gasteiger partial charge is 0.249 e. The van der Waals surface area contributed by atoms with Crippen LogP contribution in [0.1, 0.15) is 113 Å². The van der Waals surface area contributed by atoms with Gasteiger partial charge in [0.15, 0.2) is 5.82 Å². The molecule has 3 amide bonds. The van der Waals surface area contributed by atoms with Crippen LogP contribution in [0.15, 0.2) is 48.7 Å². The minimum absolute atomic E-state index is 0.0114. The maximum Gasteiger partial charge on any atom is 0.249 e. The monoisotopic (exact) mass is 739 g/mol. The van der Waals surface area contributed by atoms with Crippen molar-refractivity contribution in [2.24, 2.45) is 11.7 Å². The van der Waals surface area contributed by atoms with Gasteiger partial charge in [-0.15, -0.1) is 0 Å². The third-order valence-corrected chi connectivity index (χ3v) is 12.8. The standard InChI is InChI=1S/C42H51F2N7O3/c43-35-23-33(14-15-34(35)26-18-20-50(21-19-26)31-10-6-27(7-11-31)40(45)53)51(37-16-17-38(52)48-41(37)54)32-12-8-30(9-13-32)47-42-46-24-36(44)39(49-42)29-3-1-2-28(22-29)25-4-5-25/h1-3,14-15,22-27,30-32,37H,4-13,16-21H2,(H2,45,53)(H,46,47,49)(H,48,52,54). The van der Waals surface area contributed by atoms with Crippen molar-refractivity contribution >= 4 is 29.4 Å². The highest BCUT2D eigenvalue weighted by atomic mass is 19.1. The van der Waals surface area contributed by atoms with E-state index >= 15 is 4.39 Å². The molecule has 54 heavy (non-hydrogen) atoms. The van der Waals surface area contributed by atoms with Gasteiger partial charge in [0.05, 0.1) is 6.20 Å². The molecule has 1 aromatic heterocycles. The van der Waals surface area contributed by atoms with E-state index in [0.29, 0.717) is 35.6 Å². The van der Waals surface area contributed by atoms with Gasteiger partial charge in [-0.2, -0.15) is 0 Å². The first-order chi connectivity index (χ1) is 26.2. The molecule has 4 N–H and O–H groups in total. The van der Waals surface area contributed by atoms with Crippen LogP contribution >= 0.6 is 0 Å². The molecular weight excluding hydrogens is 689 g/mol. The van der Waals surface area contributed by atoms with Crippen LogP contribution in [0.5, 0.6) is 0 Å². The summed E-state index contributed by atoms with van der Waals surface area (Å²) >= 11 is 0. The molecule has 0 spiro atoms. The number of nitrogens with two attached hydrogens (primary N) is 1.